The monoisotopic (exact) mass is 333 g/mol. The molecular weight excluding hydrogens is 317 g/mol. The Labute approximate surface area is 145 Å². The van der Waals surface area contributed by atoms with E-state index in [0.29, 0.717) is 6.54 Å². The lowest BCUT2D eigenvalue weighted by molar-refractivity contribution is 0.205. The topological polar surface area (TPSA) is 38.3 Å². The highest BCUT2D eigenvalue weighted by molar-refractivity contribution is 5.54. The maximum absolute atomic E-state index is 13.5. The first-order chi connectivity index (χ1) is 12.2. The second-order valence-electron chi connectivity index (χ2n) is 6.07. The van der Waals surface area contributed by atoms with Crippen LogP contribution in [0.1, 0.15) is 11.3 Å². The summed E-state index contributed by atoms with van der Waals surface area (Å²) in [5.74, 6) is -0.463. The van der Waals surface area contributed by atoms with Crippen LogP contribution in [0.25, 0.3) is 16.2 Å². The zero-order valence-corrected chi connectivity index (χ0v) is 13.6. The highest BCUT2D eigenvalue weighted by Crippen LogP contribution is 2.23. The number of aromatic nitrogens is 3. The Bertz CT molecular complexity index is 942. The van der Waals surface area contributed by atoms with Crippen molar-refractivity contribution in [2.45, 2.75) is 19.6 Å². The molecule has 0 atom stereocenters. The van der Waals surface area contributed by atoms with Crippen molar-refractivity contribution in [1.82, 2.24) is 19.7 Å². The van der Waals surface area contributed by atoms with Crippen LogP contribution < -0.4 is 0 Å². The Kier molecular flexibility index (Phi) is 4.00. The number of pyridine rings is 1. The van der Waals surface area contributed by atoms with Crippen molar-refractivity contribution in [3.8, 4) is 11.4 Å². The van der Waals surface area contributed by atoms with Gasteiger partial charge >= 0.3 is 0 Å². The van der Waals surface area contributed by atoms with E-state index < -0.39 is 5.82 Å². The molecule has 1 aromatic carbocycles. The van der Waals surface area contributed by atoms with Gasteiger partial charge in [-0.05, 0) is 35.9 Å². The first-order valence-corrected chi connectivity index (χ1v) is 8.09. The minimum absolute atomic E-state index is 0.0805. The van der Waals surface area contributed by atoms with Gasteiger partial charge in [0.25, 0.3) is 0 Å². The van der Waals surface area contributed by atoms with Gasteiger partial charge in [0.15, 0.2) is 0 Å². The van der Waals surface area contributed by atoms with Crippen LogP contribution >= 0.6 is 0 Å². The Morgan fingerprint density at radius 1 is 1.12 bits per heavy atom. The smallest absolute Gasteiger partial charge is 0.222 e. The van der Waals surface area contributed by atoms with E-state index in [-0.39, 0.29) is 5.69 Å². The second-order valence-corrected chi connectivity index (χ2v) is 6.07. The normalized spacial score (nSPS) is 14.1. The molecule has 4 rings (SSSR count). The lowest BCUT2D eigenvalue weighted by Crippen LogP contribution is -2.33. The van der Waals surface area contributed by atoms with Crippen LogP contribution in [0.15, 0.2) is 48.7 Å². The Morgan fingerprint density at radius 3 is 2.84 bits per heavy atom. The molecule has 3 heterocycles. The molecule has 1 aliphatic heterocycles. The average molecular weight is 333 g/mol. The SMILES string of the molecule is [C-]#[N+]c1cc(CN2CCn3nc(-c4ccccn4)cc3C2)ccc1F. The summed E-state index contributed by atoms with van der Waals surface area (Å²) in [6.45, 7) is 10.2. The van der Waals surface area contributed by atoms with Gasteiger partial charge in [-0.3, -0.25) is 14.6 Å². The third kappa shape index (κ3) is 3.14. The number of rotatable bonds is 3. The second kappa shape index (κ2) is 6.46. The molecule has 124 valence electrons. The summed E-state index contributed by atoms with van der Waals surface area (Å²) in [7, 11) is 0. The fourth-order valence-corrected chi connectivity index (χ4v) is 3.10. The summed E-state index contributed by atoms with van der Waals surface area (Å²) in [5, 5.41) is 4.64. The van der Waals surface area contributed by atoms with Crippen molar-refractivity contribution in [1.29, 1.82) is 0 Å². The minimum Gasteiger partial charge on any atom is -0.291 e. The molecule has 1 aliphatic rings. The van der Waals surface area contributed by atoms with Gasteiger partial charge in [-0.2, -0.15) is 5.10 Å². The average Bonchev–Trinajstić information content (AvgIpc) is 3.07. The zero-order valence-electron chi connectivity index (χ0n) is 13.6. The molecule has 6 heteroatoms. The summed E-state index contributed by atoms with van der Waals surface area (Å²) in [6.07, 6.45) is 1.77. The van der Waals surface area contributed by atoms with E-state index in [2.05, 4.69) is 25.9 Å². The largest absolute Gasteiger partial charge is 0.291 e. The fraction of sp³-hybridized carbons (Fsp3) is 0.211. The van der Waals surface area contributed by atoms with Crippen molar-refractivity contribution in [2.24, 2.45) is 0 Å². The van der Waals surface area contributed by atoms with E-state index >= 15 is 0 Å². The molecule has 0 fully saturated rings. The van der Waals surface area contributed by atoms with Gasteiger partial charge in [-0.25, -0.2) is 9.24 Å². The lowest BCUT2D eigenvalue weighted by atomic mass is 10.1. The molecule has 0 saturated carbocycles. The van der Waals surface area contributed by atoms with Gasteiger partial charge < -0.3 is 0 Å². The Balaban J connectivity index is 1.52. The van der Waals surface area contributed by atoms with Crippen molar-refractivity contribution in [2.75, 3.05) is 6.54 Å². The number of hydrogen-bond acceptors (Lipinski definition) is 3. The summed E-state index contributed by atoms with van der Waals surface area (Å²) >= 11 is 0. The van der Waals surface area contributed by atoms with Gasteiger partial charge in [0.05, 0.1) is 24.5 Å². The van der Waals surface area contributed by atoms with Crippen molar-refractivity contribution in [3.63, 3.8) is 0 Å². The molecule has 0 radical (unpaired) electrons. The molecule has 0 amide bonds. The van der Waals surface area contributed by atoms with Gasteiger partial charge in [-0.1, -0.05) is 12.1 Å². The predicted molar refractivity (Wildman–Crippen MR) is 92.2 cm³/mol. The summed E-state index contributed by atoms with van der Waals surface area (Å²) < 4.78 is 15.5. The molecule has 0 aliphatic carbocycles. The molecule has 25 heavy (non-hydrogen) atoms. The van der Waals surface area contributed by atoms with Crippen LogP contribution in [-0.2, 0) is 19.6 Å². The lowest BCUT2D eigenvalue weighted by Gasteiger charge is -2.27. The van der Waals surface area contributed by atoms with Gasteiger partial charge in [-0.15, -0.1) is 0 Å². The van der Waals surface area contributed by atoms with E-state index in [9.17, 15) is 4.39 Å². The third-order valence-corrected chi connectivity index (χ3v) is 4.34. The predicted octanol–water partition coefficient (Wildman–Crippen LogP) is 3.65. The third-order valence-electron chi connectivity index (χ3n) is 4.34. The van der Waals surface area contributed by atoms with Crippen LogP contribution in [0.4, 0.5) is 10.1 Å². The molecule has 0 spiro atoms. The molecule has 5 nitrogen and oxygen atoms in total. The zero-order chi connectivity index (χ0) is 17.2. The maximum atomic E-state index is 13.5. The highest BCUT2D eigenvalue weighted by atomic mass is 19.1. The summed E-state index contributed by atoms with van der Waals surface area (Å²) in [4.78, 5) is 9.86. The Morgan fingerprint density at radius 2 is 2.04 bits per heavy atom. The standard InChI is InChI=1S/C19H16FN5/c1-21-18-10-14(5-6-16(18)20)12-24-8-9-25-15(13-24)11-19(23-25)17-4-2-3-7-22-17/h2-7,10-11H,8-9,12-13H2. The van der Waals surface area contributed by atoms with Crippen LogP contribution in [-0.4, -0.2) is 26.2 Å². The number of fused-ring (bicyclic) bond motifs is 1. The summed E-state index contributed by atoms with van der Waals surface area (Å²) in [6, 6.07) is 12.6. The van der Waals surface area contributed by atoms with E-state index in [4.69, 9.17) is 6.57 Å². The van der Waals surface area contributed by atoms with E-state index in [0.717, 1.165) is 42.3 Å². The maximum Gasteiger partial charge on any atom is 0.222 e. The van der Waals surface area contributed by atoms with Crippen LogP contribution in [0.2, 0.25) is 0 Å². The molecule has 0 saturated heterocycles. The quantitative estimate of drug-likeness (QED) is 0.687. The highest BCUT2D eigenvalue weighted by Gasteiger charge is 2.19. The first-order valence-electron chi connectivity index (χ1n) is 8.09. The number of hydrogen-bond donors (Lipinski definition) is 0. The Hall–Kier alpha value is -3.04. The van der Waals surface area contributed by atoms with E-state index in [1.165, 1.54) is 6.07 Å². The number of benzene rings is 1. The van der Waals surface area contributed by atoms with Crippen LogP contribution in [0, 0.1) is 12.4 Å². The number of nitrogens with zero attached hydrogens (tertiary/aromatic N) is 5. The fourth-order valence-electron chi connectivity index (χ4n) is 3.10. The molecule has 3 aromatic rings. The first kappa shape index (κ1) is 15.5. The molecule has 0 unspecified atom stereocenters. The minimum atomic E-state index is -0.463. The van der Waals surface area contributed by atoms with Crippen molar-refractivity contribution >= 4 is 5.69 Å². The van der Waals surface area contributed by atoms with E-state index in [1.54, 1.807) is 18.3 Å². The van der Waals surface area contributed by atoms with Crippen molar-refractivity contribution < 1.29 is 4.39 Å². The molecule has 0 bridgehead atoms. The molecular formula is C19H16FN5. The van der Waals surface area contributed by atoms with Gasteiger partial charge in [0.2, 0.25) is 5.69 Å². The van der Waals surface area contributed by atoms with Crippen molar-refractivity contribution in [3.05, 3.63) is 77.2 Å². The molecule has 0 N–H and O–H groups in total. The van der Waals surface area contributed by atoms with Crippen LogP contribution in [0.5, 0.6) is 0 Å². The van der Waals surface area contributed by atoms with E-state index in [1.807, 2.05) is 22.9 Å². The van der Waals surface area contributed by atoms with Gasteiger partial charge in [0, 0.05) is 25.8 Å². The molecule has 2 aromatic heterocycles. The van der Waals surface area contributed by atoms with Gasteiger partial charge in [0.1, 0.15) is 11.5 Å². The number of halogens is 1. The summed E-state index contributed by atoms with van der Waals surface area (Å²) in [5.41, 5.74) is 3.92. The van der Waals surface area contributed by atoms with Crippen LogP contribution in [0.3, 0.4) is 0 Å².